The Hall–Kier alpha value is -0.0800. The van der Waals surface area contributed by atoms with Gasteiger partial charge in [-0.1, -0.05) is 19.3 Å². The van der Waals surface area contributed by atoms with Gasteiger partial charge in [0.25, 0.3) is 0 Å². The van der Waals surface area contributed by atoms with Gasteiger partial charge in [0.2, 0.25) is 0 Å². The Balaban J connectivity index is 1.26. The summed E-state index contributed by atoms with van der Waals surface area (Å²) in [6.07, 6.45) is 15.1. The number of hydrogen-bond donors (Lipinski definition) is 1. The van der Waals surface area contributed by atoms with E-state index in [2.05, 4.69) is 10.2 Å². The molecule has 2 heteroatoms. The van der Waals surface area contributed by atoms with Crippen LogP contribution in [0.4, 0.5) is 0 Å². The van der Waals surface area contributed by atoms with Gasteiger partial charge in [-0.05, 0) is 87.9 Å². The maximum atomic E-state index is 3.53. The van der Waals surface area contributed by atoms with Crippen LogP contribution in [0.2, 0.25) is 0 Å². The minimum Gasteiger partial charge on any atom is -0.317 e. The van der Waals surface area contributed by atoms with Crippen LogP contribution in [-0.2, 0) is 0 Å². The Morgan fingerprint density at radius 1 is 0.850 bits per heavy atom. The minimum absolute atomic E-state index is 0.782. The van der Waals surface area contributed by atoms with E-state index in [-0.39, 0.29) is 0 Å². The highest BCUT2D eigenvalue weighted by molar-refractivity contribution is 5.05. The third-order valence-electron chi connectivity index (χ3n) is 7.27. The first-order chi connectivity index (χ1) is 9.80. The molecule has 1 unspecified atom stereocenters. The first kappa shape index (κ1) is 13.6. The normalized spacial score (nSPS) is 36.3. The van der Waals surface area contributed by atoms with E-state index in [4.69, 9.17) is 0 Å². The molecular weight excluding hydrogens is 244 g/mol. The van der Waals surface area contributed by atoms with Crippen LogP contribution in [0, 0.1) is 16.7 Å². The van der Waals surface area contributed by atoms with Crippen molar-refractivity contribution in [2.45, 2.75) is 64.2 Å². The molecule has 0 bridgehead atoms. The van der Waals surface area contributed by atoms with Gasteiger partial charge in [0, 0.05) is 6.54 Å². The molecule has 2 nitrogen and oxygen atoms in total. The Morgan fingerprint density at radius 2 is 1.55 bits per heavy atom. The van der Waals surface area contributed by atoms with Crippen molar-refractivity contribution in [3.63, 3.8) is 0 Å². The van der Waals surface area contributed by atoms with E-state index in [0.717, 1.165) is 16.7 Å². The lowest BCUT2D eigenvalue weighted by Crippen LogP contribution is -2.42. The molecule has 4 rings (SSSR count). The van der Waals surface area contributed by atoms with Crippen molar-refractivity contribution in [2.75, 3.05) is 32.7 Å². The number of likely N-dealkylation sites (tertiary alicyclic amines) is 1. The van der Waals surface area contributed by atoms with Gasteiger partial charge in [0.05, 0.1) is 0 Å². The summed E-state index contributed by atoms with van der Waals surface area (Å²) in [5.74, 6) is 1.05. The highest BCUT2D eigenvalue weighted by atomic mass is 15.1. The topological polar surface area (TPSA) is 15.3 Å². The van der Waals surface area contributed by atoms with Gasteiger partial charge < -0.3 is 10.2 Å². The summed E-state index contributed by atoms with van der Waals surface area (Å²) in [6.45, 7) is 6.80. The average Bonchev–Trinajstić information content (AvgIpc) is 3.15. The Labute approximate surface area is 124 Å². The zero-order valence-electron chi connectivity index (χ0n) is 13.1. The highest BCUT2D eigenvalue weighted by Gasteiger charge is 2.54. The zero-order valence-corrected chi connectivity index (χ0v) is 13.1. The molecule has 1 N–H and O–H groups in total. The number of hydrogen-bond acceptors (Lipinski definition) is 2. The van der Waals surface area contributed by atoms with E-state index < -0.39 is 0 Å². The maximum absolute atomic E-state index is 3.53. The summed E-state index contributed by atoms with van der Waals surface area (Å²) in [5, 5.41) is 3.53. The standard InChI is InChI=1S/C18H32N2/c1-2-4-17(5-3-1)8-12-20(13-9-17)15-16-14-18(16)6-10-19-11-7-18/h16,19H,1-15H2. The molecule has 2 saturated carbocycles. The van der Waals surface area contributed by atoms with E-state index in [1.165, 1.54) is 84.1 Å². The smallest absolute Gasteiger partial charge is 0.00152 e. The lowest BCUT2D eigenvalue weighted by atomic mass is 9.68. The van der Waals surface area contributed by atoms with Crippen molar-refractivity contribution >= 4 is 0 Å². The highest BCUT2D eigenvalue weighted by Crippen LogP contribution is 2.59. The predicted molar refractivity (Wildman–Crippen MR) is 83.8 cm³/mol. The van der Waals surface area contributed by atoms with E-state index in [1.54, 1.807) is 12.8 Å². The van der Waals surface area contributed by atoms with E-state index >= 15 is 0 Å². The molecule has 0 aromatic heterocycles. The number of rotatable bonds is 2. The van der Waals surface area contributed by atoms with Crippen LogP contribution < -0.4 is 5.32 Å². The fourth-order valence-electron chi connectivity index (χ4n) is 5.55. The van der Waals surface area contributed by atoms with E-state index in [1.807, 2.05) is 0 Å². The van der Waals surface area contributed by atoms with Crippen molar-refractivity contribution in [3.05, 3.63) is 0 Å². The van der Waals surface area contributed by atoms with Gasteiger partial charge in [0.15, 0.2) is 0 Å². The number of piperidine rings is 2. The van der Waals surface area contributed by atoms with Crippen LogP contribution in [-0.4, -0.2) is 37.6 Å². The molecule has 1 atom stereocenters. The SMILES string of the molecule is C1CCC2(CC1)CCN(CC1CC13CCNCC3)CC2. The van der Waals surface area contributed by atoms with Gasteiger partial charge in [0.1, 0.15) is 0 Å². The fourth-order valence-corrected chi connectivity index (χ4v) is 5.55. The molecule has 114 valence electrons. The molecule has 2 saturated heterocycles. The lowest BCUT2D eigenvalue weighted by molar-refractivity contribution is 0.0626. The molecular formula is C18H32N2. The number of nitrogens with one attached hydrogen (secondary N) is 1. The van der Waals surface area contributed by atoms with E-state index in [9.17, 15) is 0 Å². The third-order valence-corrected chi connectivity index (χ3v) is 7.27. The van der Waals surface area contributed by atoms with Crippen molar-refractivity contribution in [2.24, 2.45) is 16.7 Å². The predicted octanol–water partition coefficient (Wildman–Crippen LogP) is 3.42. The monoisotopic (exact) mass is 276 g/mol. The summed E-state index contributed by atoms with van der Waals surface area (Å²) in [6, 6.07) is 0. The molecule has 2 aliphatic carbocycles. The first-order valence-corrected chi connectivity index (χ1v) is 9.24. The van der Waals surface area contributed by atoms with Crippen molar-refractivity contribution < 1.29 is 0 Å². The summed E-state index contributed by atoms with van der Waals surface area (Å²) in [4.78, 5) is 2.82. The van der Waals surface area contributed by atoms with Gasteiger partial charge in [-0.15, -0.1) is 0 Å². The second kappa shape index (κ2) is 5.28. The minimum atomic E-state index is 0.782. The van der Waals surface area contributed by atoms with Crippen molar-refractivity contribution in [3.8, 4) is 0 Å². The summed E-state index contributed by atoms with van der Waals surface area (Å²) >= 11 is 0. The molecule has 4 aliphatic rings. The Bertz CT molecular complexity index is 329. The lowest BCUT2D eigenvalue weighted by Gasteiger charge is -2.44. The van der Waals surface area contributed by atoms with Crippen LogP contribution in [0.1, 0.15) is 64.2 Å². The summed E-state index contributed by atoms with van der Waals surface area (Å²) < 4.78 is 0. The average molecular weight is 276 g/mol. The Morgan fingerprint density at radius 3 is 2.25 bits per heavy atom. The molecule has 0 aromatic rings. The molecule has 0 amide bonds. The van der Waals surface area contributed by atoms with Crippen LogP contribution in [0.25, 0.3) is 0 Å². The van der Waals surface area contributed by atoms with Crippen LogP contribution in [0.15, 0.2) is 0 Å². The number of nitrogens with zero attached hydrogens (tertiary/aromatic N) is 1. The quantitative estimate of drug-likeness (QED) is 0.831. The van der Waals surface area contributed by atoms with E-state index in [0.29, 0.717) is 0 Å². The van der Waals surface area contributed by atoms with Crippen LogP contribution in [0.5, 0.6) is 0 Å². The Kier molecular flexibility index (Phi) is 3.58. The van der Waals surface area contributed by atoms with Gasteiger partial charge in [-0.25, -0.2) is 0 Å². The van der Waals surface area contributed by atoms with Gasteiger partial charge >= 0.3 is 0 Å². The zero-order chi connectivity index (χ0) is 13.5. The largest absolute Gasteiger partial charge is 0.317 e. The first-order valence-electron chi connectivity index (χ1n) is 9.24. The molecule has 2 spiro atoms. The third kappa shape index (κ3) is 2.54. The molecule has 20 heavy (non-hydrogen) atoms. The van der Waals surface area contributed by atoms with Crippen molar-refractivity contribution in [1.82, 2.24) is 10.2 Å². The molecule has 4 fully saturated rings. The van der Waals surface area contributed by atoms with Crippen molar-refractivity contribution in [1.29, 1.82) is 0 Å². The van der Waals surface area contributed by atoms with Gasteiger partial charge in [-0.3, -0.25) is 0 Å². The summed E-state index contributed by atoms with van der Waals surface area (Å²) in [7, 11) is 0. The molecule has 2 aliphatic heterocycles. The molecule has 0 radical (unpaired) electrons. The molecule has 2 heterocycles. The molecule has 0 aromatic carbocycles. The maximum Gasteiger partial charge on any atom is 0.00152 e. The fraction of sp³-hybridized carbons (Fsp3) is 1.00. The second-order valence-electron chi connectivity index (χ2n) is 8.37. The van der Waals surface area contributed by atoms with Gasteiger partial charge in [-0.2, -0.15) is 0 Å². The second-order valence-corrected chi connectivity index (χ2v) is 8.37. The summed E-state index contributed by atoms with van der Waals surface area (Å²) in [5.41, 5.74) is 1.57. The van der Waals surface area contributed by atoms with Crippen LogP contribution >= 0.6 is 0 Å². The van der Waals surface area contributed by atoms with Crippen LogP contribution in [0.3, 0.4) is 0 Å².